The van der Waals surface area contributed by atoms with E-state index in [9.17, 15) is 9.59 Å². The average molecular weight is 383 g/mol. The predicted octanol–water partition coefficient (Wildman–Crippen LogP) is 4.18. The van der Waals surface area contributed by atoms with Gasteiger partial charge in [0.05, 0.1) is 13.2 Å². The monoisotopic (exact) mass is 382 g/mol. The van der Waals surface area contributed by atoms with Gasteiger partial charge >= 0.3 is 0 Å². The summed E-state index contributed by atoms with van der Waals surface area (Å²) in [4.78, 5) is 26.1. The average Bonchev–Trinajstić information content (AvgIpc) is 2.61. The maximum absolute atomic E-state index is 12.3. The molecule has 5 nitrogen and oxygen atoms in total. The molecule has 0 saturated heterocycles. The summed E-state index contributed by atoms with van der Waals surface area (Å²) < 4.78 is 5.66. The van der Waals surface area contributed by atoms with Gasteiger partial charge in [0.2, 0.25) is 11.8 Å². The van der Waals surface area contributed by atoms with Crippen LogP contribution in [0.2, 0.25) is 0 Å². The number of nitrogens with zero attached hydrogens (tertiary/aromatic N) is 1. The highest BCUT2D eigenvalue weighted by Gasteiger charge is 2.14. The highest BCUT2D eigenvalue weighted by Crippen LogP contribution is 2.21. The zero-order valence-corrected chi connectivity index (χ0v) is 17.5. The highest BCUT2D eigenvalue weighted by molar-refractivity contribution is 5.95. The normalized spacial score (nSPS) is 10.5. The van der Waals surface area contributed by atoms with E-state index in [0.29, 0.717) is 19.4 Å². The molecule has 0 aliphatic heterocycles. The van der Waals surface area contributed by atoms with Gasteiger partial charge in [0.1, 0.15) is 5.75 Å². The molecule has 0 unspecified atom stereocenters. The van der Waals surface area contributed by atoms with Crippen LogP contribution in [0, 0.1) is 27.7 Å². The standard InChI is InChI=1S/C23H30N2O3/c1-16-8-6-9-20(14-16)28-11-7-10-22(27)25(5)15-21(26)24-23-18(3)12-17(2)13-19(23)4/h6,8-9,12-14H,7,10-11,15H2,1-5H3,(H,24,26). The smallest absolute Gasteiger partial charge is 0.243 e. The van der Waals surface area contributed by atoms with Gasteiger partial charge in [0, 0.05) is 19.2 Å². The second kappa shape index (κ2) is 9.93. The van der Waals surface area contributed by atoms with E-state index >= 15 is 0 Å². The number of hydrogen-bond donors (Lipinski definition) is 1. The van der Waals surface area contributed by atoms with Crippen LogP contribution in [0.25, 0.3) is 0 Å². The molecule has 1 N–H and O–H groups in total. The van der Waals surface area contributed by atoms with Gasteiger partial charge in [0.15, 0.2) is 0 Å². The number of anilines is 1. The van der Waals surface area contributed by atoms with E-state index in [0.717, 1.165) is 33.7 Å². The third-order valence-electron chi connectivity index (χ3n) is 4.54. The van der Waals surface area contributed by atoms with Crippen molar-refractivity contribution >= 4 is 17.5 Å². The minimum atomic E-state index is -0.193. The van der Waals surface area contributed by atoms with Gasteiger partial charge < -0.3 is 15.0 Å². The van der Waals surface area contributed by atoms with Crippen molar-refractivity contribution in [1.29, 1.82) is 0 Å². The molecule has 0 aliphatic rings. The van der Waals surface area contributed by atoms with Gasteiger partial charge in [-0.1, -0.05) is 29.8 Å². The summed E-state index contributed by atoms with van der Waals surface area (Å²) in [5.74, 6) is 0.547. The van der Waals surface area contributed by atoms with Crippen LogP contribution in [0.5, 0.6) is 5.75 Å². The molecule has 2 rings (SSSR count). The van der Waals surface area contributed by atoms with Crippen LogP contribution < -0.4 is 10.1 Å². The molecule has 5 heteroatoms. The lowest BCUT2D eigenvalue weighted by atomic mass is 10.1. The molecule has 0 bridgehead atoms. The van der Waals surface area contributed by atoms with E-state index in [4.69, 9.17) is 4.74 Å². The Morgan fingerprint density at radius 3 is 2.32 bits per heavy atom. The zero-order valence-electron chi connectivity index (χ0n) is 17.5. The summed E-state index contributed by atoms with van der Waals surface area (Å²) in [6, 6.07) is 11.9. The Bertz CT molecular complexity index is 822. The molecule has 2 amide bonds. The number of benzene rings is 2. The number of amides is 2. The molecule has 150 valence electrons. The molecular formula is C23H30N2O3. The van der Waals surface area contributed by atoms with Crippen molar-refractivity contribution in [3.05, 3.63) is 58.7 Å². The molecule has 0 aromatic heterocycles. The van der Waals surface area contributed by atoms with Gasteiger partial charge in [-0.3, -0.25) is 9.59 Å². The van der Waals surface area contributed by atoms with E-state index in [1.54, 1.807) is 7.05 Å². The van der Waals surface area contributed by atoms with E-state index in [1.165, 1.54) is 4.90 Å². The minimum Gasteiger partial charge on any atom is -0.494 e. The van der Waals surface area contributed by atoms with E-state index < -0.39 is 0 Å². The van der Waals surface area contributed by atoms with E-state index in [1.807, 2.05) is 64.1 Å². The topological polar surface area (TPSA) is 58.6 Å². The quantitative estimate of drug-likeness (QED) is 0.697. The number of carbonyl (C=O) groups is 2. The van der Waals surface area contributed by atoms with Gasteiger partial charge in [-0.05, 0) is 62.9 Å². The first kappa shape index (κ1) is 21.5. The molecule has 0 fully saturated rings. The Labute approximate surface area is 167 Å². The summed E-state index contributed by atoms with van der Waals surface area (Å²) in [6.45, 7) is 8.48. The van der Waals surface area contributed by atoms with E-state index in [2.05, 4.69) is 5.32 Å². The van der Waals surface area contributed by atoms with Crippen molar-refractivity contribution < 1.29 is 14.3 Å². The van der Waals surface area contributed by atoms with Crippen LogP contribution in [0.3, 0.4) is 0 Å². The Balaban J connectivity index is 1.76. The lowest BCUT2D eigenvalue weighted by molar-refractivity contribution is -0.133. The molecule has 0 heterocycles. The molecular weight excluding hydrogens is 352 g/mol. The highest BCUT2D eigenvalue weighted by atomic mass is 16.5. The number of carbonyl (C=O) groups excluding carboxylic acids is 2. The van der Waals surface area contributed by atoms with Crippen molar-refractivity contribution in [2.75, 3.05) is 25.5 Å². The molecule has 0 aliphatic carbocycles. The Hall–Kier alpha value is -2.82. The molecule has 28 heavy (non-hydrogen) atoms. The van der Waals surface area contributed by atoms with Crippen molar-refractivity contribution in [3.8, 4) is 5.75 Å². The van der Waals surface area contributed by atoms with Gasteiger partial charge in [-0.2, -0.15) is 0 Å². The van der Waals surface area contributed by atoms with Gasteiger partial charge in [-0.15, -0.1) is 0 Å². The zero-order chi connectivity index (χ0) is 20.7. The lowest BCUT2D eigenvalue weighted by Gasteiger charge is -2.18. The molecule has 0 saturated carbocycles. The number of hydrogen-bond acceptors (Lipinski definition) is 3. The first-order valence-corrected chi connectivity index (χ1v) is 9.57. The van der Waals surface area contributed by atoms with Crippen LogP contribution in [0.15, 0.2) is 36.4 Å². The summed E-state index contributed by atoms with van der Waals surface area (Å²) in [5, 5.41) is 2.93. The molecule has 0 radical (unpaired) electrons. The minimum absolute atomic E-state index is 0.0321. The second-order valence-electron chi connectivity index (χ2n) is 7.34. The number of rotatable bonds is 8. The van der Waals surface area contributed by atoms with Crippen LogP contribution in [-0.4, -0.2) is 36.9 Å². The predicted molar refractivity (Wildman–Crippen MR) is 113 cm³/mol. The number of ether oxygens (including phenoxy) is 1. The third kappa shape index (κ3) is 6.41. The first-order chi connectivity index (χ1) is 13.3. The molecule has 2 aromatic rings. The van der Waals surface area contributed by atoms with E-state index in [-0.39, 0.29) is 18.4 Å². The SMILES string of the molecule is Cc1cccc(OCCCC(=O)N(C)CC(=O)Nc2c(C)cc(C)cc2C)c1. The first-order valence-electron chi connectivity index (χ1n) is 9.57. The Kier molecular flexibility index (Phi) is 7.61. The molecule has 2 aromatic carbocycles. The van der Waals surface area contributed by atoms with Crippen molar-refractivity contribution in [3.63, 3.8) is 0 Å². The molecule has 0 spiro atoms. The lowest BCUT2D eigenvalue weighted by Crippen LogP contribution is -2.35. The summed E-state index contributed by atoms with van der Waals surface area (Å²) in [6.07, 6.45) is 0.951. The summed E-state index contributed by atoms with van der Waals surface area (Å²) >= 11 is 0. The van der Waals surface area contributed by atoms with Crippen molar-refractivity contribution in [1.82, 2.24) is 4.90 Å². The van der Waals surface area contributed by atoms with Crippen LogP contribution in [0.4, 0.5) is 5.69 Å². The van der Waals surface area contributed by atoms with Crippen LogP contribution in [-0.2, 0) is 9.59 Å². The van der Waals surface area contributed by atoms with Gasteiger partial charge in [-0.25, -0.2) is 0 Å². The Morgan fingerprint density at radius 1 is 1.00 bits per heavy atom. The largest absolute Gasteiger partial charge is 0.494 e. The third-order valence-corrected chi connectivity index (χ3v) is 4.54. The fourth-order valence-corrected chi connectivity index (χ4v) is 3.17. The van der Waals surface area contributed by atoms with Crippen molar-refractivity contribution in [2.45, 2.75) is 40.5 Å². The molecule has 0 atom stereocenters. The van der Waals surface area contributed by atoms with Crippen LogP contribution in [0.1, 0.15) is 35.1 Å². The van der Waals surface area contributed by atoms with Gasteiger partial charge in [0.25, 0.3) is 0 Å². The summed E-state index contributed by atoms with van der Waals surface area (Å²) in [5.41, 5.74) is 5.16. The fraction of sp³-hybridized carbons (Fsp3) is 0.391. The maximum Gasteiger partial charge on any atom is 0.243 e. The Morgan fingerprint density at radius 2 is 1.68 bits per heavy atom. The fourth-order valence-electron chi connectivity index (χ4n) is 3.17. The number of nitrogens with one attached hydrogen (secondary N) is 1. The maximum atomic E-state index is 12.3. The number of likely N-dealkylation sites (N-methyl/N-ethyl adjacent to an activating group) is 1. The van der Waals surface area contributed by atoms with Crippen LogP contribution >= 0.6 is 0 Å². The second-order valence-corrected chi connectivity index (χ2v) is 7.34. The summed E-state index contributed by atoms with van der Waals surface area (Å²) in [7, 11) is 1.65. The van der Waals surface area contributed by atoms with Crippen molar-refractivity contribution in [2.24, 2.45) is 0 Å². The number of aryl methyl sites for hydroxylation is 4.